The second kappa shape index (κ2) is 5.61. The van der Waals surface area contributed by atoms with Gasteiger partial charge in [0.25, 0.3) is 0 Å². The average Bonchev–Trinajstić information content (AvgIpc) is 2.39. The number of aryl methyl sites for hydroxylation is 2. The number of azo groups is 1. The summed E-state index contributed by atoms with van der Waals surface area (Å²) >= 11 is 0. The molecule has 0 aromatic heterocycles. The predicted octanol–water partition coefficient (Wildman–Crippen LogP) is 3.89. The van der Waals surface area contributed by atoms with Crippen LogP contribution in [0.3, 0.4) is 0 Å². The molecule has 0 saturated heterocycles. The minimum atomic E-state index is 0.590. The number of nitrogen functional groups attached to an aromatic ring is 2. The minimum Gasteiger partial charge on any atom is -0.495 e. The Kier molecular flexibility index (Phi) is 3.89. The lowest BCUT2D eigenvalue weighted by molar-refractivity contribution is 0.417. The summed E-state index contributed by atoms with van der Waals surface area (Å²) in [5, 5.41) is 8.52. The Balaban J connectivity index is 2.36. The normalized spacial score (nSPS) is 10.9. The largest absolute Gasteiger partial charge is 0.495 e. The highest BCUT2D eigenvalue weighted by molar-refractivity contribution is 5.63. The zero-order valence-electron chi connectivity index (χ0n) is 11.8. The van der Waals surface area contributed by atoms with Crippen LogP contribution in [0, 0.1) is 13.8 Å². The lowest BCUT2D eigenvalue weighted by Gasteiger charge is -2.07. The number of methoxy groups -OCH3 is 1. The van der Waals surface area contributed by atoms with E-state index < -0.39 is 0 Å². The molecule has 2 aromatic rings. The van der Waals surface area contributed by atoms with E-state index in [-0.39, 0.29) is 0 Å². The molecule has 0 aliphatic carbocycles. The fourth-order valence-electron chi connectivity index (χ4n) is 1.88. The van der Waals surface area contributed by atoms with Crippen molar-refractivity contribution in [2.75, 3.05) is 18.6 Å². The molecule has 0 amide bonds. The Hall–Kier alpha value is -2.56. The van der Waals surface area contributed by atoms with Gasteiger partial charge in [0, 0.05) is 11.8 Å². The zero-order chi connectivity index (χ0) is 14.7. The van der Waals surface area contributed by atoms with Gasteiger partial charge in [-0.1, -0.05) is 0 Å². The molecule has 0 aliphatic rings. The molecule has 2 aromatic carbocycles. The van der Waals surface area contributed by atoms with Crippen molar-refractivity contribution in [1.82, 2.24) is 0 Å². The van der Waals surface area contributed by atoms with Crippen LogP contribution in [0.1, 0.15) is 11.1 Å². The van der Waals surface area contributed by atoms with E-state index in [0.717, 1.165) is 22.5 Å². The average molecular weight is 270 g/mol. The highest BCUT2D eigenvalue weighted by Gasteiger charge is 2.05. The first-order chi connectivity index (χ1) is 9.51. The van der Waals surface area contributed by atoms with Gasteiger partial charge in [-0.15, -0.1) is 0 Å². The summed E-state index contributed by atoms with van der Waals surface area (Å²) in [6.45, 7) is 3.88. The molecule has 2 rings (SSSR count). The van der Waals surface area contributed by atoms with Crippen LogP contribution < -0.4 is 16.2 Å². The molecule has 20 heavy (non-hydrogen) atoms. The van der Waals surface area contributed by atoms with Crippen LogP contribution in [0.2, 0.25) is 0 Å². The monoisotopic (exact) mass is 270 g/mol. The number of ether oxygens (including phenoxy) is 1. The van der Waals surface area contributed by atoms with Crippen molar-refractivity contribution in [2.24, 2.45) is 10.2 Å². The maximum Gasteiger partial charge on any atom is 0.143 e. The number of nitrogens with zero attached hydrogens (tertiary/aromatic N) is 2. The Morgan fingerprint density at radius 2 is 1.55 bits per heavy atom. The second-order valence-corrected chi connectivity index (χ2v) is 4.63. The summed E-state index contributed by atoms with van der Waals surface area (Å²) in [6, 6.07) is 9.12. The van der Waals surface area contributed by atoms with E-state index in [1.807, 2.05) is 32.0 Å². The molecule has 104 valence electrons. The predicted molar refractivity (Wildman–Crippen MR) is 81.9 cm³/mol. The summed E-state index contributed by atoms with van der Waals surface area (Å²) in [6.07, 6.45) is 0. The SMILES string of the molecule is COc1cc(N=Nc2ccc(N)cc2C)c(C)cc1N. The van der Waals surface area contributed by atoms with Crippen molar-refractivity contribution < 1.29 is 4.74 Å². The Morgan fingerprint density at radius 1 is 0.900 bits per heavy atom. The van der Waals surface area contributed by atoms with Crippen molar-refractivity contribution in [3.05, 3.63) is 41.5 Å². The van der Waals surface area contributed by atoms with Crippen LogP contribution in [-0.2, 0) is 0 Å². The number of hydrogen-bond acceptors (Lipinski definition) is 5. The van der Waals surface area contributed by atoms with Gasteiger partial charge in [-0.05, 0) is 49.2 Å². The highest BCUT2D eigenvalue weighted by atomic mass is 16.5. The number of nitrogens with two attached hydrogens (primary N) is 2. The lowest BCUT2D eigenvalue weighted by Crippen LogP contribution is -1.92. The van der Waals surface area contributed by atoms with Gasteiger partial charge in [0.1, 0.15) is 5.75 Å². The molecular formula is C15H18N4O. The fourth-order valence-corrected chi connectivity index (χ4v) is 1.88. The van der Waals surface area contributed by atoms with Crippen LogP contribution in [0.25, 0.3) is 0 Å². The third-order valence-corrected chi connectivity index (χ3v) is 3.03. The van der Waals surface area contributed by atoms with E-state index in [2.05, 4.69) is 10.2 Å². The van der Waals surface area contributed by atoms with E-state index in [1.54, 1.807) is 19.2 Å². The van der Waals surface area contributed by atoms with Gasteiger partial charge in [-0.2, -0.15) is 10.2 Å². The third-order valence-electron chi connectivity index (χ3n) is 3.03. The standard InChI is InChI=1S/C15H18N4O/c1-9-6-11(16)4-5-13(9)18-19-14-8-15(20-3)12(17)7-10(14)2/h4-8H,16-17H2,1-3H3. The maximum atomic E-state index is 5.84. The van der Waals surface area contributed by atoms with Gasteiger partial charge < -0.3 is 16.2 Å². The van der Waals surface area contributed by atoms with E-state index in [9.17, 15) is 0 Å². The summed E-state index contributed by atoms with van der Waals surface area (Å²) in [5.41, 5.74) is 16.3. The lowest BCUT2D eigenvalue weighted by atomic mass is 10.1. The second-order valence-electron chi connectivity index (χ2n) is 4.63. The van der Waals surface area contributed by atoms with Crippen molar-refractivity contribution in [2.45, 2.75) is 13.8 Å². The fraction of sp³-hybridized carbons (Fsp3) is 0.200. The van der Waals surface area contributed by atoms with E-state index >= 15 is 0 Å². The molecule has 5 heteroatoms. The molecule has 0 spiro atoms. The molecule has 0 radical (unpaired) electrons. The number of benzene rings is 2. The summed E-state index contributed by atoms with van der Waals surface area (Å²) in [5.74, 6) is 0.596. The maximum absolute atomic E-state index is 5.84. The van der Waals surface area contributed by atoms with Crippen LogP contribution in [0.4, 0.5) is 22.7 Å². The van der Waals surface area contributed by atoms with Gasteiger partial charge in [0.05, 0.1) is 24.2 Å². The first-order valence-corrected chi connectivity index (χ1v) is 6.23. The van der Waals surface area contributed by atoms with E-state index in [1.165, 1.54) is 0 Å². The van der Waals surface area contributed by atoms with Gasteiger partial charge in [-0.25, -0.2) is 0 Å². The summed E-state index contributed by atoms with van der Waals surface area (Å²) in [7, 11) is 1.58. The first kappa shape index (κ1) is 13.9. The number of hydrogen-bond donors (Lipinski definition) is 2. The quantitative estimate of drug-likeness (QED) is 0.655. The number of anilines is 2. The van der Waals surface area contributed by atoms with Crippen molar-refractivity contribution in [3.63, 3.8) is 0 Å². The first-order valence-electron chi connectivity index (χ1n) is 6.23. The Morgan fingerprint density at radius 3 is 2.20 bits per heavy atom. The molecular weight excluding hydrogens is 252 g/mol. The van der Waals surface area contributed by atoms with Gasteiger partial charge in [-0.3, -0.25) is 0 Å². The molecule has 0 bridgehead atoms. The topological polar surface area (TPSA) is 86.0 Å². The smallest absolute Gasteiger partial charge is 0.143 e. The minimum absolute atomic E-state index is 0.590. The van der Waals surface area contributed by atoms with Crippen molar-refractivity contribution >= 4 is 22.7 Å². The third kappa shape index (κ3) is 2.88. The van der Waals surface area contributed by atoms with Crippen LogP contribution in [0.5, 0.6) is 5.75 Å². The Bertz CT molecular complexity index is 665. The molecule has 5 nitrogen and oxygen atoms in total. The van der Waals surface area contributed by atoms with Crippen molar-refractivity contribution in [1.29, 1.82) is 0 Å². The highest BCUT2D eigenvalue weighted by Crippen LogP contribution is 2.32. The van der Waals surface area contributed by atoms with E-state index in [4.69, 9.17) is 16.2 Å². The van der Waals surface area contributed by atoms with Crippen LogP contribution >= 0.6 is 0 Å². The van der Waals surface area contributed by atoms with Gasteiger partial charge >= 0.3 is 0 Å². The van der Waals surface area contributed by atoms with Crippen LogP contribution in [-0.4, -0.2) is 7.11 Å². The molecule has 0 fully saturated rings. The van der Waals surface area contributed by atoms with Crippen molar-refractivity contribution in [3.8, 4) is 5.75 Å². The molecule has 4 N–H and O–H groups in total. The molecule has 0 aliphatic heterocycles. The molecule has 0 heterocycles. The molecule has 0 saturated carbocycles. The van der Waals surface area contributed by atoms with Crippen LogP contribution in [0.15, 0.2) is 40.6 Å². The Labute approximate surface area is 118 Å². The van der Waals surface area contributed by atoms with E-state index in [0.29, 0.717) is 17.1 Å². The molecule has 0 atom stereocenters. The van der Waals surface area contributed by atoms with Gasteiger partial charge in [0.15, 0.2) is 0 Å². The van der Waals surface area contributed by atoms with Gasteiger partial charge in [0.2, 0.25) is 0 Å². The summed E-state index contributed by atoms with van der Waals surface area (Å²) in [4.78, 5) is 0. The molecule has 0 unspecified atom stereocenters. The zero-order valence-corrected chi connectivity index (χ0v) is 11.8. The summed E-state index contributed by atoms with van der Waals surface area (Å²) < 4.78 is 5.19. The number of rotatable bonds is 3.